The summed E-state index contributed by atoms with van der Waals surface area (Å²) in [4.78, 5) is 0. The van der Waals surface area contributed by atoms with Gasteiger partial charge in [0.15, 0.2) is 8.32 Å². The summed E-state index contributed by atoms with van der Waals surface area (Å²) in [5, 5.41) is 9.69. The largest absolute Gasteiger partial charge is 0.391 e. The van der Waals surface area contributed by atoms with Crippen molar-refractivity contribution in [3.63, 3.8) is 0 Å². The molecule has 0 aliphatic carbocycles. The van der Waals surface area contributed by atoms with E-state index in [0.29, 0.717) is 0 Å². The Morgan fingerprint density at radius 3 is 1.42 bits per heavy atom. The molecule has 0 saturated carbocycles. The Bertz CT molecular complexity index is 151. The van der Waals surface area contributed by atoms with Crippen molar-refractivity contribution in [3.8, 4) is 0 Å². The Morgan fingerprint density at radius 2 is 1.33 bits per heavy atom. The predicted octanol–water partition coefficient (Wildman–Crippen LogP) is 2.74. The second-order valence-electron chi connectivity index (χ2n) is 5.31. The standard InChI is InChI=1S/C9H22O2Si/c1-8(2,3)12(6,7)11-9(4,5)10/h10H,1-7H3. The minimum Gasteiger partial charge on any atom is -0.391 e. The van der Waals surface area contributed by atoms with Crippen molar-refractivity contribution >= 4 is 8.32 Å². The fourth-order valence-corrected chi connectivity index (χ4v) is 2.33. The van der Waals surface area contributed by atoms with Crippen LogP contribution in [0.4, 0.5) is 0 Å². The monoisotopic (exact) mass is 190 g/mol. The lowest BCUT2D eigenvalue weighted by Gasteiger charge is -2.40. The van der Waals surface area contributed by atoms with Crippen molar-refractivity contribution in [2.24, 2.45) is 0 Å². The molecule has 12 heavy (non-hydrogen) atoms. The van der Waals surface area contributed by atoms with E-state index in [1.54, 1.807) is 13.8 Å². The van der Waals surface area contributed by atoms with Gasteiger partial charge in [0.1, 0.15) is 5.79 Å². The third-order valence-corrected chi connectivity index (χ3v) is 6.93. The predicted molar refractivity (Wildman–Crippen MR) is 54.6 cm³/mol. The van der Waals surface area contributed by atoms with Crippen LogP contribution in [0.1, 0.15) is 34.6 Å². The van der Waals surface area contributed by atoms with Gasteiger partial charge in [0.2, 0.25) is 0 Å². The van der Waals surface area contributed by atoms with Gasteiger partial charge in [-0.2, -0.15) is 0 Å². The third-order valence-electron chi connectivity index (χ3n) is 2.31. The van der Waals surface area contributed by atoms with Gasteiger partial charge in [0, 0.05) is 0 Å². The molecule has 0 aliphatic rings. The summed E-state index contributed by atoms with van der Waals surface area (Å²) in [5.41, 5.74) is 0. The van der Waals surface area contributed by atoms with E-state index in [9.17, 15) is 5.11 Å². The second-order valence-corrected chi connectivity index (χ2v) is 10.0. The van der Waals surface area contributed by atoms with Crippen molar-refractivity contribution in [3.05, 3.63) is 0 Å². The summed E-state index contributed by atoms with van der Waals surface area (Å²) in [5.74, 6) is -0.997. The summed E-state index contributed by atoms with van der Waals surface area (Å²) in [6.45, 7) is 14.1. The Kier molecular flexibility index (Phi) is 3.16. The van der Waals surface area contributed by atoms with E-state index >= 15 is 0 Å². The molecular formula is C9H22O2Si. The quantitative estimate of drug-likeness (QED) is 0.536. The minimum absolute atomic E-state index is 0.160. The van der Waals surface area contributed by atoms with E-state index < -0.39 is 14.1 Å². The summed E-state index contributed by atoms with van der Waals surface area (Å²) in [6.07, 6.45) is 0. The highest BCUT2D eigenvalue weighted by molar-refractivity contribution is 6.74. The van der Waals surface area contributed by atoms with Crippen LogP contribution in [-0.4, -0.2) is 19.2 Å². The van der Waals surface area contributed by atoms with Crippen LogP contribution in [0.5, 0.6) is 0 Å². The zero-order chi connectivity index (χ0) is 10.2. The van der Waals surface area contributed by atoms with Crippen molar-refractivity contribution in [1.29, 1.82) is 0 Å². The molecule has 1 N–H and O–H groups in total. The Morgan fingerprint density at radius 1 is 1.00 bits per heavy atom. The molecule has 0 amide bonds. The molecule has 0 unspecified atom stereocenters. The summed E-state index contributed by atoms with van der Waals surface area (Å²) in [6, 6.07) is 0. The molecule has 2 nitrogen and oxygen atoms in total. The number of hydrogen-bond acceptors (Lipinski definition) is 2. The first-order valence-corrected chi connectivity index (χ1v) is 7.29. The molecule has 0 spiro atoms. The van der Waals surface area contributed by atoms with Crippen LogP contribution in [0.25, 0.3) is 0 Å². The van der Waals surface area contributed by atoms with Crippen molar-refractivity contribution < 1.29 is 9.53 Å². The molecule has 0 radical (unpaired) electrons. The lowest BCUT2D eigenvalue weighted by atomic mass is 10.2. The van der Waals surface area contributed by atoms with Crippen LogP contribution in [0.2, 0.25) is 18.1 Å². The van der Waals surface area contributed by atoms with Crippen molar-refractivity contribution in [2.75, 3.05) is 0 Å². The zero-order valence-corrected chi connectivity index (χ0v) is 10.4. The molecular weight excluding hydrogens is 168 g/mol. The Hall–Kier alpha value is 0.137. The molecule has 0 fully saturated rings. The number of hydrogen-bond donors (Lipinski definition) is 1. The normalized spacial score (nSPS) is 15.0. The van der Waals surface area contributed by atoms with Gasteiger partial charge in [0.25, 0.3) is 0 Å². The molecule has 74 valence electrons. The second kappa shape index (κ2) is 3.12. The van der Waals surface area contributed by atoms with Gasteiger partial charge in [-0.25, -0.2) is 0 Å². The van der Waals surface area contributed by atoms with Crippen LogP contribution in [0, 0.1) is 0 Å². The van der Waals surface area contributed by atoms with Crippen LogP contribution in [0.15, 0.2) is 0 Å². The molecule has 0 aromatic rings. The van der Waals surface area contributed by atoms with E-state index in [-0.39, 0.29) is 5.04 Å². The lowest BCUT2D eigenvalue weighted by Crippen LogP contribution is -2.47. The maximum atomic E-state index is 9.53. The molecule has 3 heteroatoms. The molecule has 0 rings (SSSR count). The third kappa shape index (κ3) is 3.69. The molecule has 0 aliphatic heterocycles. The van der Waals surface area contributed by atoms with Gasteiger partial charge >= 0.3 is 0 Å². The van der Waals surface area contributed by atoms with Gasteiger partial charge < -0.3 is 9.53 Å². The topological polar surface area (TPSA) is 29.5 Å². The lowest BCUT2D eigenvalue weighted by molar-refractivity contribution is -0.114. The highest BCUT2D eigenvalue weighted by atomic mass is 28.4. The van der Waals surface area contributed by atoms with Crippen molar-refractivity contribution in [2.45, 2.75) is 58.5 Å². The maximum Gasteiger partial charge on any atom is 0.195 e. The van der Waals surface area contributed by atoms with E-state index in [1.807, 2.05) is 0 Å². The summed E-state index contributed by atoms with van der Waals surface area (Å²) >= 11 is 0. The highest BCUT2D eigenvalue weighted by Crippen LogP contribution is 2.38. The maximum absolute atomic E-state index is 9.53. The fourth-order valence-electron chi connectivity index (χ4n) is 0.778. The first-order valence-electron chi connectivity index (χ1n) is 4.38. The summed E-state index contributed by atoms with van der Waals surface area (Å²) in [7, 11) is -1.79. The van der Waals surface area contributed by atoms with Gasteiger partial charge in [-0.1, -0.05) is 20.8 Å². The SMILES string of the molecule is CC(C)(O)O[Si](C)(C)C(C)(C)C. The fraction of sp³-hybridized carbons (Fsp3) is 1.00. The minimum atomic E-state index is -1.79. The average molecular weight is 190 g/mol. The van der Waals surface area contributed by atoms with Gasteiger partial charge in [-0.05, 0) is 32.0 Å². The van der Waals surface area contributed by atoms with E-state index in [0.717, 1.165) is 0 Å². The van der Waals surface area contributed by atoms with Crippen LogP contribution < -0.4 is 0 Å². The highest BCUT2D eigenvalue weighted by Gasteiger charge is 2.40. The Labute approximate surface area is 77.1 Å². The molecule has 0 aromatic heterocycles. The molecule has 0 heterocycles. The van der Waals surface area contributed by atoms with E-state index in [4.69, 9.17) is 4.43 Å². The van der Waals surface area contributed by atoms with E-state index in [1.165, 1.54) is 0 Å². The number of aliphatic hydroxyl groups is 1. The molecule has 0 bridgehead atoms. The first-order chi connectivity index (χ1) is 4.96. The molecule has 0 aromatic carbocycles. The first kappa shape index (κ1) is 12.1. The summed E-state index contributed by atoms with van der Waals surface area (Å²) < 4.78 is 5.68. The Balaban J connectivity index is 4.44. The molecule has 0 saturated heterocycles. The van der Waals surface area contributed by atoms with Crippen LogP contribution in [-0.2, 0) is 4.43 Å². The van der Waals surface area contributed by atoms with E-state index in [2.05, 4.69) is 33.9 Å². The van der Waals surface area contributed by atoms with Gasteiger partial charge in [-0.15, -0.1) is 0 Å². The van der Waals surface area contributed by atoms with Crippen LogP contribution in [0.3, 0.4) is 0 Å². The zero-order valence-electron chi connectivity index (χ0n) is 9.36. The molecule has 0 atom stereocenters. The van der Waals surface area contributed by atoms with Gasteiger partial charge in [-0.3, -0.25) is 0 Å². The van der Waals surface area contributed by atoms with Crippen molar-refractivity contribution in [1.82, 2.24) is 0 Å². The van der Waals surface area contributed by atoms with Gasteiger partial charge in [0.05, 0.1) is 0 Å². The van der Waals surface area contributed by atoms with Crippen LogP contribution >= 0.6 is 0 Å². The average Bonchev–Trinajstić information content (AvgIpc) is 1.52. The number of rotatable bonds is 2. The smallest absolute Gasteiger partial charge is 0.195 e.